The number of benzene rings is 1. The van der Waals surface area contributed by atoms with Crippen molar-refractivity contribution in [2.45, 2.75) is 30.8 Å². The molecule has 1 rings (SSSR count). The Morgan fingerprint density at radius 3 is 2.12 bits per heavy atom. The second-order valence-corrected chi connectivity index (χ2v) is 6.44. The van der Waals surface area contributed by atoms with Crippen molar-refractivity contribution in [2.24, 2.45) is 0 Å². The Balaban J connectivity index is 2.94. The third-order valence-electron chi connectivity index (χ3n) is 2.66. The van der Waals surface area contributed by atoms with E-state index in [1.807, 2.05) is 0 Å². The molecular formula is C12H16O4S. The van der Waals surface area contributed by atoms with Crippen molar-refractivity contribution in [2.75, 3.05) is 6.26 Å². The van der Waals surface area contributed by atoms with Gasteiger partial charge >= 0.3 is 0 Å². The molecule has 0 heterocycles. The summed E-state index contributed by atoms with van der Waals surface area (Å²) in [5.74, 6) is -0.315. The quantitative estimate of drug-likeness (QED) is 0.871. The van der Waals surface area contributed by atoms with E-state index in [-0.39, 0.29) is 17.1 Å². The largest absolute Gasteiger partial charge is 0.382 e. The first-order valence-electron chi connectivity index (χ1n) is 5.15. The molecule has 94 valence electrons. The van der Waals surface area contributed by atoms with E-state index in [9.17, 15) is 18.3 Å². The van der Waals surface area contributed by atoms with Crippen LogP contribution in [0, 0.1) is 0 Å². The van der Waals surface area contributed by atoms with Gasteiger partial charge < -0.3 is 5.11 Å². The van der Waals surface area contributed by atoms with E-state index in [1.165, 1.54) is 26.0 Å². The van der Waals surface area contributed by atoms with E-state index in [1.54, 1.807) is 12.1 Å². The number of rotatable bonds is 4. The van der Waals surface area contributed by atoms with Crippen molar-refractivity contribution >= 4 is 15.6 Å². The summed E-state index contributed by atoms with van der Waals surface area (Å²) in [5, 5.41) is 9.81. The summed E-state index contributed by atoms with van der Waals surface area (Å²) in [4.78, 5) is 11.4. The monoisotopic (exact) mass is 256 g/mol. The van der Waals surface area contributed by atoms with Crippen LogP contribution in [0.2, 0.25) is 0 Å². The highest BCUT2D eigenvalue weighted by Crippen LogP contribution is 2.16. The fraction of sp³-hybridized carbons (Fsp3) is 0.417. The lowest BCUT2D eigenvalue weighted by Crippen LogP contribution is -2.35. The molecule has 1 atom stereocenters. The van der Waals surface area contributed by atoms with E-state index in [0.717, 1.165) is 11.8 Å². The normalized spacial score (nSPS) is 15.3. The highest BCUT2D eigenvalue weighted by molar-refractivity contribution is 7.90. The zero-order valence-corrected chi connectivity index (χ0v) is 10.9. The summed E-state index contributed by atoms with van der Waals surface area (Å²) in [7, 11) is -3.21. The predicted molar refractivity (Wildman–Crippen MR) is 64.6 cm³/mol. The average molecular weight is 256 g/mol. The molecule has 0 saturated heterocycles. The summed E-state index contributed by atoms with van der Waals surface area (Å²) in [5.41, 5.74) is -0.690. The zero-order valence-electron chi connectivity index (χ0n) is 10.1. The molecule has 5 heteroatoms. The summed E-state index contributed by atoms with van der Waals surface area (Å²) in [6.45, 7) is 2.77. The van der Waals surface area contributed by atoms with Crippen molar-refractivity contribution in [1.29, 1.82) is 0 Å². The van der Waals surface area contributed by atoms with Gasteiger partial charge in [-0.15, -0.1) is 0 Å². The number of carbonyl (C=O) groups excluding carboxylic acids is 1. The van der Waals surface area contributed by atoms with Crippen molar-refractivity contribution in [1.82, 2.24) is 0 Å². The number of ketones is 1. The number of carbonyl (C=O) groups is 1. The van der Waals surface area contributed by atoms with E-state index in [2.05, 4.69) is 0 Å². The molecule has 1 N–H and O–H groups in total. The van der Waals surface area contributed by atoms with Gasteiger partial charge in [-0.1, -0.05) is 12.1 Å². The average Bonchev–Trinajstić information content (AvgIpc) is 2.16. The molecule has 0 aromatic heterocycles. The van der Waals surface area contributed by atoms with Gasteiger partial charge in [0.15, 0.2) is 15.6 Å². The summed E-state index contributed by atoms with van der Waals surface area (Å²) < 4.78 is 22.5. The van der Waals surface area contributed by atoms with Crippen LogP contribution in [0.4, 0.5) is 0 Å². The number of aliphatic hydroxyl groups is 1. The molecule has 1 aromatic carbocycles. The molecule has 0 aliphatic heterocycles. The van der Waals surface area contributed by atoms with Gasteiger partial charge in [-0.3, -0.25) is 4.79 Å². The van der Waals surface area contributed by atoms with Gasteiger partial charge in [0.05, 0.1) is 4.90 Å². The van der Waals surface area contributed by atoms with Crippen molar-refractivity contribution in [3.05, 3.63) is 29.8 Å². The number of sulfone groups is 1. The van der Waals surface area contributed by atoms with E-state index in [0.29, 0.717) is 0 Å². The molecule has 0 radical (unpaired) electrons. The summed E-state index contributed by atoms with van der Waals surface area (Å²) in [6, 6.07) is 6.16. The minimum Gasteiger partial charge on any atom is -0.382 e. The van der Waals surface area contributed by atoms with Crippen LogP contribution in [-0.2, 0) is 21.1 Å². The number of Topliss-reactive ketones (excluding diaryl/α,β-unsaturated/α-hetero) is 1. The number of hydrogen-bond acceptors (Lipinski definition) is 4. The standard InChI is InChI=1S/C12H16O4S/c1-9(13)12(2,14)8-10-4-6-11(7-5-10)17(3,15)16/h4-7,14H,8H2,1-3H3. The molecule has 0 aliphatic rings. The lowest BCUT2D eigenvalue weighted by molar-refractivity contribution is -0.133. The van der Waals surface area contributed by atoms with Gasteiger partial charge in [0.25, 0.3) is 0 Å². The topological polar surface area (TPSA) is 71.4 Å². The van der Waals surface area contributed by atoms with Crippen LogP contribution >= 0.6 is 0 Å². The molecule has 0 amide bonds. The molecule has 4 nitrogen and oxygen atoms in total. The predicted octanol–water partition coefficient (Wildman–Crippen LogP) is 0.973. The Labute approximate surface area is 101 Å². The molecule has 0 spiro atoms. The maximum atomic E-state index is 11.2. The molecule has 0 fully saturated rings. The van der Waals surface area contributed by atoms with Gasteiger partial charge in [-0.05, 0) is 31.5 Å². The third kappa shape index (κ3) is 3.64. The third-order valence-corrected chi connectivity index (χ3v) is 3.79. The van der Waals surface area contributed by atoms with E-state index in [4.69, 9.17) is 0 Å². The molecule has 1 aromatic rings. The fourth-order valence-corrected chi connectivity index (χ4v) is 2.01. The lowest BCUT2D eigenvalue weighted by atomic mass is 9.93. The molecule has 1 unspecified atom stereocenters. The van der Waals surface area contributed by atoms with Crippen LogP contribution in [0.25, 0.3) is 0 Å². The van der Waals surface area contributed by atoms with Gasteiger partial charge in [0.1, 0.15) is 5.60 Å². The van der Waals surface area contributed by atoms with Crippen molar-refractivity contribution in [3.63, 3.8) is 0 Å². The number of hydrogen-bond donors (Lipinski definition) is 1. The molecule has 17 heavy (non-hydrogen) atoms. The van der Waals surface area contributed by atoms with Gasteiger partial charge in [-0.2, -0.15) is 0 Å². The van der Waals surface area contributed by atoms with Crippen LogP contribution in [0.5, 0.6) is 0 Å². The summed E-state index contributed by atoms with van der Waals surface area (Å²) >= 11 is 0. The first-order valence-corrected chi connectivity index (χ1v) is 7.04. The summed E-state index contributed by atoms with van der Waals surface area (Å²) in [6.07, 6.45) is 1.31. The van der Waals surface area contributed by atoms with Gasteiger partial charge in [-0.25, -0.2) is 8.42 Å². The highest BCUT2D eigenvalue weighted by atomic mass is 32.2. The van der Waals surface area contributed by atoms with Crippen LogP contribution < -0.4 is 0 Å². The Bertz CT molecular complexity index is 512. The molecule has 0 bridgehead atoms. The first-order chi connectivity index (χ1) is 7.63. The molecule has 0 saturated carbocycles. The van der Waals surface area contributed by atoms with Crippen LogP contribution in [0.15, 0.2) is 29.2 Å². The maximum absolute atomic E-state index is 11.2. The maximum Gasteiger partial charge on any atom is 0.175 e. The Morgan fingerprint density at radius 2 is 1.76 bits per heavy atom. The fourth-order valence-electron chi connectivity index (χ4n) is 1.38. The Morgan fingerprint density at radius 1 is 1.29 bits per heavy atom. The first kappa shape index (κ1) is 13.9. The molecule has 0 aliphatic carbocycles. The minimum atomic E-state index is -3.21. The SMILES string of the molecule is CC(=O)C(C)(O)Cc1ccc(S(C)(=O)=O)cc1. The Kier molecular flexibility index (Phi) is 3.74. The second-order valence-electron chi connectivity index (χ2n) is 4.42. The van der Waals surface area contributed by atoms with Crippen LogP contribution in [0.1, 0.15) is 19.4 Å². The molecular weight excluding hydrogens is 240 g/mol. The lowest BCUT2D eigenvalue weighted by Gasteiger charge is -2.19. The van der Waals surface area contributed by atoms with Gasteiger partial charge in [0.2, 0.25) is 0 Å². The van der Waals surface area contributed by atoms with E-state index < -0.39 is 15.4 Å². The van der Waals surface area contributed by atoms with Crippen molar-refractivity contribution < 1.29 is 18.3 Å². The smallest absolute Gasteiger partial charge is 0.175 e. The Hall–Kier alpha value is -1.20. The van der Waals surface area contributed by atoms with E-state index >= 15 is 0 Å². The van der Waals surface area contributed by atoms with Crippen LogP contribution in [0.3, 0.4) is 0 Å². The van der Waals surface area contributed by atoms with Crippen molar-refractivity contribution in [3.8, 4) is 0 Å². The van der Waals surface area contributed by atoms with Gasteiger partial charge in [0, 0.05) is 12.7 Å². The highest BCUT2D eigenvalue weighted by Gasteiger charge is 2.26. The van der Waals surface area contributed by atoms with Crippen LogP contribution in [-0.4, -0.2) is 31.2 Å². The zero-order chi connectivity index (χ0) is 13.3. The second kappa shape index (κ2) is 4.58. The minimum absolute atomic E-state index is 0.173.